The number of unbranched alkanes of at least 4 members (excludes halogenated alkanes) is 1. The van der Waals surface area contributed by atoms with Crippen LogP contribution in [0.1, 0.15) is 12.8 Å². The molecule has 1 aromatic heterocycles. The Labute approximate surface area is 171 Å². The van der Waals surface area contributed by atoms with Gasteiger partial charge in [-0.2, -0.15) is 4.37 Å². The van der Waals surface area contributed by atoms with Gasteiger partial charge in [-0.1, -0.05) is 11.6 Å². The van der Waals surface area contributed by atoms with Gasteiger partial charge in [0.2, 0.25) is 5.13 Å². The van der Waals surface area contributed by atoms with Gasteiger partial charge in [-0.15, -0.1) is 0 Å². The van der Waals surface area contributed by atoms with Crippen molar-refractivity contribution in [3.8, 4) is 0 Å². The first kappa shape index (κ1) is 22.7. The van der Waals surface area contributed by atoms with Gasteiger partial charge >= 0.3 is 0 Å². The Morgan fingerprint density at radius 3 is 2.71 bits per heavy atom. The molecule has 0 radical (unpaired) electrons. The summed E-state index contributed by atoms with van der Waals surface area (Å²) >= 11 is 6.94. The Bertz CT molecular complexity index is 850. The number of aliphatic hydroxyl groups excluding tert-OH is 1. The molecule has 0 saturated heterocycles. The van der Waals surface area contributed by atoms with Crippen molar-refractivity contribution in [2.75, 3.05) is 36.3 Å². The molecule has 6 N–H and O–H groups in total. The molecular weight excluding hydrogens is 431 g/mol. The number of anilines is 2. The van der Waals surface area contributed by atoms with Crippen molar-refractivity contribution in [3.05, 3.63) is 29.3 Å². The van der Waals surface area contributed by atoms with Crippen molar-refractivity contribution >= 4 is 44.0 Å². The highest BCUT2D eigenvalue weighted by Gasteiger charge is 2.22. The summed E-state index contributed by atoms with van der Waals surface area (Å²) in [7, 11) is -4.17. The number of nitrogens with two attached hydrogens (primary N) is 1. The molecule has 0 bridgehead atoms. The zero-order valence-electron chi connectivity index (χ0n) is 14.9. The van der Waals surface area contributed by atoms with Gasteiger partial charge < -0.3 is 21.5 Å². The first-order valence-corrected chi connectivity index (χ1v) is 11.1. The van der Waals surface area contributed by atoms with E-state index in [9.17, 15) is 12.8 Å². The number of benzene rings is 1. The Morgan fingerprint density at radius 1 is 1.32 bits per heavy atom. The number of hydrogen-bond donors (Lipinski definition) is 5. The van der Waals surface area contributed by atoms with Crippen LogP contribution in [0.4, 0.5) is 15.2 Å². The quantitative estimate of drug-likeness (QED) is 0.303. The number of nitrogens with zero attached hydrogens (tertiary/aromatic N) is 2. The second-order valence-corrected chi connectivity index (χ2v) is 8.66. The molecule has 1 aromatic carbocycles. The van der Waals surface area contributed by atoms with E-state index in [1.165, 1.54) is 6.33 Å². The van der Waals surface area contributed by atoms with Crippen LogP contribution in [0.5, 0.6) is 0 Å². The van der Waals surface area contributed by atoms with Crippen molar-refractivity contribution in [1.29, 1.82) is 0 Å². The van der Waals surface area contributed by atoms with Gasteiger partial charge in [0, 0.05) is 30.7 Å². The zero-order chi connectivity index (χ0) is 20.6. The molecule has 13 heteroatoms. The lowest BCUT2D eigenvalue weighted by molar-refractivity contribution is 0.245. The summed E-state index contributed by atoms with van der Waals surface area (Å²) in [5, 5.41) is 15.2. The summed E-state index contributed by atoms with van der Waals surface area (Å²) in [5.74, 6) is -0.931. The molecule has 0 amide bonds. The van der Waals surface area contributed by atoms with E-state index in [-0.39, 0.29) is 22.8 Å². The number of aromatic nitrogens is 2. The third-order valence-corrected chi connectivity index (χ3v) is 6.13. The summed E-state index contributed by atoms with van der Waals surface area (Å²) in [6.45, 7) is 1.53. The highest BCUT2D eigenvalue weighted by Crippen LogP contribution is 2.29. The van der Waals surface area contributed by atoms with Crippen LogP contribution >= 0.6 is 23.1 Å². The van der Waals surface area contributed by atoms with Gasteiger partial charge in [-0.3, -0.25) is 4.72 Å². The van der Waals surface area contributed by atoms with E-state index in [0.29, 0.717) is 25.3 Å². The Kier molecular flexibility index (Phi) is 8.79. The topological polar surface area (TPSA) is 142 Å². The average Bonchev–Trinajstić information content (AvgIpc) is 3.15. The second-order valence-electron chi connectivity index (χ2n) is 5.82. The lowest BCUT2D eigenvalue weighted by Gasteiger charge is -2.14. The monoisotopic (exact) mass is 452 g/mol. The summed E-state index contributed by atoms with van der Waals surface area (Å²) in [6.07, 6.45) is 2.75. The summed E-state index contributed by atoms with van der Waals surface area (Å²) < 4.78 is 44.8. The van der Waals surface area contributed by atoms with Crippen molar-refractivity contribution in [2.45, 2.75) is 23.8 Å². The maximum Gasteiger partial charge on any atom is 0.266 e. The van der Waals surface area contributed by atoms with E-state index in [2.05, 4.69) is 24.7 Å². The predicted octanol–water partition coefficient (Wildman–Crippen LogP) is 1.23. The van der Waals surface area contributed by atoms with E-state index in [0.717, 1.165) is 36.5 Å². The number of rotatable bonds is 12. The smallest absolute Gasteiger partial charge is 0.266 e. The number of hydrogen-bond acceptors (Lipinski definition) is 9. The van der Waals surface area contributed by atoms with Crippen LogP contribution in [0.2, 0.25) is 5.02 Å². The van der Waals surface area contributed by atoms with Crippen LogP contribution in [0.3, 0.4) is 0 Å². The van der Waals surface area contributed by atoms with Crippen LogP contribution in [0, 0.1) is 5.82 Å². The predicted molar refractivity (Wildman–Crippen MR) is 108 cm³/mol. The van der Waals surface area contributed by atoms with Crippen molar-refractivity contribution in [3.63, 3.8) is 0 Å². The highest BCUT2D eigenvalue weighted by atomic mass is 35.5. The first-order chi connectivity index (χ1) is 13.4. The summed E-state index contributed by atoms with van der Waals surface area (Å²) in [6, 6.07) is 1.97. The summed E-state index contributed by atoms with van der Waals surface area (Å²) in [4.78, 5) is 3.14. The minimum atomic E-state index is -4.17. The van der Waals surface area contributed by atoms with Crippen LogP contribution in [-0.4, -0.2) is 55.2 Å². The minimum absolute atomic E-state index is 0.0210. The Hall–Kier alpha value is -1.57. The molecule has 0 saturated carbocycles. The normalized spacial score (nSPS) is 12.7. The number of nitrogens with one attached hydrogen (secondary N) is 3. The van der Waals surface area contributed by atoms with E-state index in [4.69, 9.17) is 22.4 Å². The molecule has 2 rings (SSSR count). The van der Waals surface area contributed by atoms with Crippen molar-refractivity contribution in [1.82, 2.24) is 14.7 Å². The molecule has 0 aliphatic carbocycles. The Balaban J connectivity index is 1.91. The van der Waals surface area contributed by atoms with Crippen LogP contribution < -0.4 is 21.1 Å². The number of aliphatic hydroxyl groups is 1. The fourth-order valence-electron chi connectivity index (χ4n) is 2.26. The fraction of sp³-hybridized carbons (Fsp3) is 0.467. The van der Waals surface area contributed by atoms with Crippen LogP contribution in [0.15, 0.2) is 23.4 Å². The minimum Gasteiger partial charge on any atom is -0.395 e. The third kappa shape index (κ3) is 6.50. The zero-order valence-corrected chi connectivity index (χ0v) is 17.2. The van der Waals surface area contributed by atoms with Gasteiger partial charge in [-0.05, 0) is 31.5 Å². The lowest BCUT2D eigenvalue weighted by Crippen LogP contribution is -2.39. The van der Waals surface area contributed by atoms with Crippen molar-refractivity contribution < 1.29 is 17.9 Å². The average molecular weight is 453 g/mol. The second kappa shape index (κ2) is 10.8. The van der Waals surface area contributed by atoms with Gasteiger partial charge in [0.1, 0.15) is 17.0 Å². The molecule has 2 aromatic rings. The van der Waals surface area contributed by atoms with Crippen molar-refractivity contribution in [2.24, 2.45) is 5.73 Å². The number of halogens is 2. The van der Waals surface area contributed by atoms with Gasteiger partial charge in [0.15, 0.2) is 0 Å². The van der Waals surface area contributed by atoms with Crippen LogP contribution in [0.25, 0.3) is 0 Å². The van der Waals surface area contributed by atoms with Gasteiger partial charge in [0.05, 0.1) is 17.3 Å². The fourth-order valence-corrected chi connectivity index (χ4v) is 4.30. The highest BCUT2D eigenvalue weighted by molar-refractivity contribution is 7.93. The molecule has 28 heavy (non-hydrogen) atoms. The third-order valence-electron chi connectivity index (χ3n) is 3.75. The molecule has 0 unspecified atom stereocenters. The molecule has 0 spiro atoms. The molecule has 0 fully saturated rings. The molecule has 1 heterocycles. The van der Waals surface area contributed by atoms with E-state index in [1.807, 2.05) is 0 Å². The SMILES string of the molecule is NC[C@H](CO)NCCCCNc1cc(F)c(S(=O)(=O)Nc2ncns2)cc1Cl. The first-order valence-electron chi connectivity index (χ1n) is 8.44. The van der Waals surface area contributed by atoms with E-state index < -0.39 is 20.7 Å². The largest absolute Gasteiger partial charge is 0.395 e. The molecule has 156 valence electrons. The van der Waals surface area contributed by atoms with Gasteiger partial charge in [-0.25, -0.2) is 17.8 Å². The molecule has 0 aliphatic rings. The molecule has 9 nitrogen and oxygen atoms in total. The Morgan fingerprint density at radius 2 is 2.07 bits per heavy atom. The molecule has 0 aliphatic heterocycles. The maximum atomic E-state index is 14.4. The molecule has 1 atom stereocenters. The standard InChI is InChI=1S/C15H22ClFN6O3S2/c16-11-5-14(28(25,26)23-15-21-9-22-27-15)12(17)6-13(11)20-4-2-1-3-19-10(7-18)8-24/h5-6,9-10,19-20,24H,1-4,7-8,18H2,(H,21,22,23)/t10-/m1/s1. The van der Waals surface area contributed by atoms with E-state index in [1.54, 1.807) is 0 Å². The maximum absolute atomic E-state index is 14.4. The van der Waals surface area contributed by atoms with Crippen LogP contribution in [-0.2, 0) is 10.0 Å². The lowest BCUT2D eigenvalue weighted by atomic mass is 10.2. The summed E-state index contributed by atoms with van der Waals surface area (Å²) in [5.41, 5.74) is 5.78. The number of sulfonamides is 1. The van der Waals surface area contributed by atoms with E-state index >= 15 is 0 Å². The molecular formula is C15H22ClFN6O3S2. The van der Waals surface area contributed by atoms with Gasteiger partial charge in [0.25, 0.3) is 10.0 Å².